The fourth-order valence-corrected chi connectivity index (χ4v) is 3.01. The summed E-state index contributed by atoms with van der Waals surface area (Å²) in [5.41, 5.74) is 4.92. The van der Waals surface area contributed by atoms with Crippen LogP contribution in [0.1, 0.15) is 16.7 Å². The lowest BCUT2D eigenvalue weighted by atomic mass is 10.0. The molecule has 3 nitrogen and oxygen atoms in total. The van der Waals surface area contributed by atoms with Crippen molar-refractivity contribution < 1.29 is 9.21 Å². The Morgan fingerprint density at radius 1 is 1.23 bits per heavy atom. The van der Waals surface area contributed by atoms with Gasteiger partial charge in [-0.3, -0.25) is 4.79 Å². The minimum Gasteiger partial charge on any atom is -0.464 e. The van der Waals surface area contributed by atoms with Crippen LogP contribution in [0.25, 0.3) is 11.0 Å². The first kappa shape index (κ1) is 15.1. The maximum atomic E-state index is 12.2. The second-order valence-electron chi connectivity index (χ2n) is 5.38. The van der Waals surface area contributed by atoms with Gasteiger partial charge in [0.25, 0.3) is 0 Å². The third-order valence-corrected chi connectivity index (χ3v) is 4.47. The van der Waals surface area contributed by atoms with Crippen LogP contribution < -0.4 is 5.32 Å². The van der Waals surface area contributed by atoms with E-state index in [-0.39, 0.29) is 5.91 Å². The molecule has 3 rings (SSSR count). The first-order valence-corrected chi connectivity index (χ1v) is 8.14. The average molecular weight is 405 g/mol. The smallest absolute Gasteiger partial charge is 0.228 e. The first-order valence-electron chi connectivity index (χ1n) is 7.06. The van der Waals surface area contributed by atoms with E-state index in [0.717, 1.165) is 31.4 Å². The predicted octanol–water partition coefficient (Wildman–Crippen LogP) is 4.84. The Balaban J connectivity index is 1.81. The fourth-order valence-electron chi connectivity index (χ4n) is 2.47. The molecule has 0 aliphatic heterocycles. The standard InChI is InChI=1S/C18H16INO2/c1-11-6-7-16-13(10-22-18(16)12(11)2)8-17(21)20-15-5-3-4-14(19)9-15/h3-7,9-10H,8H2,1-2H3,(H,20,21). The van der Waals surface area contributed by atoms with Gasteiger partial charge >= 0.3 is 0 Å². The quantitative estimate of drug-likeness (QED) is 0.634. The molecule has 0 bridgehead atoms. The molecule has 0 saturated carbocycles. The van der Waals surface area contributed by atoms with E-state index in [1.54, 1.807) is 6.26 Å². The van der Waals surface area contributed by atoms with Gasteiger partial charge in [-0.25, -0.2) is 0 Å². The van der Waals surface area contributed by atoms with Crippen LogP contribution in [0.3, 0.4) is 0 Å². The summed E-state index contributed by atoms with van der Waals surface area (Å²) in [7, 11) is 0. The number of furan rings is 1. The van der Waals surface area contributed by atoms with Crippen LogP contribution in [-0.4, -0.2) is 5.91 Å². The van der Waals surface area contributed by atoms with Gasteiger partial charge in [0, 0.05) is 20.2 Å². The molecule has 1 aromatic heterocycles. The number of nitrogens with one attached hydrogen (secondary N) is 1. The van der Waals surface area contributed by atoms with E-state index in [9.17, 15) is 4.79 Å². The molecule has 1 heterocycles. The van der Waals surface area contributed by atoms with Gasteiger partial charge in [-0.05, 0) is 65.8 Å². The summed E-state index contributed by atoms with van der Waals surface area (Å²) in [5, 5.41) is 3.94. The summed E-state index contributed by atoms with van der Waals surface area (Å²) in [6, 6.07) is 11.8. The van der Waals surface area contributed by atoms with Gasteiger partial charge in [0.2, 0.25) is 5.91 Å². The molecule has 0 aliphatic carbocycles. The number of fused-ring (bicyclic) bond motifs is 1. The van der Waals surface area contributed by atoms with Gasteiger partial charge in [0.15, 0.2) is 0 Å². The summed E-state index contributed by atoms with van der Waals surface area (Å²) in [6.45, 7) is 4.09. The van der Waals surface area contributed by atoms with Gasteiger partial charge in [0.1, 0.15) is 5.58 Å². The largest absolute Gasteiger partial charge is 0.464 e. The van der Waals surface area contributed by atoms with E-state index in [0.29, 0.717) is 6.42 Å². The van der Waals surface area contributed by atoms with E-state index >= 15 is 0 Å². The van der Waals surface area contributed by atoms with Crippen molar-refractivity contribution in [3.05, 3.63) is 62.9 Å². The van der Waals surface area contributed by atoms with Crippen LogP contribution in [-0.2, 0) is 11.2 Å². The van der Waals surface area contributed by atoms with Crippen LogP contribution in [0.2, 0.25) is 0 Å². The minimum absolute atomic E-state index is 0.0390. The lowest BCUT2D eigenvalue weighted by molar-refractivity contribution is -0.115. The maximum absolute atomic E-state index is 12.2. The lowest BCUT2D eigenvalue weighted by Gasteiger charge is -2.05. The number of halogens is 1. The number of rotatable bonds is 3. The molecular weight excluding hydrogens is 389 g/mol. The Morgan fingerprint density at radius 3 is 2.82 bits per heavy atom. The van der Waals surface area contributed by atoms with Gasteiger partial charge < -0.3 is 9.73 Å². The molecule has 3 aromatic rings. The highest BCUT2D eigenvalue weighted by atomic mass is 127. The zero-order valence-corrected chi connectivity index (χ0v) is 14.6. The maximum Gasteiger partial charge on any atom is 0.228 e. The number of anilines is 1. The zero-order valence-electron chi connectivity index (χ0n) is 12.4. The van der Waals surface area contributed by atoms with E-state index < -0.39 is 0 Å². The van der Waals surface area contributed by atoms with E-state index in [4.69, 9.17) is 4.42 Å². The molecule has 4 heteroatoms. The molecule has 1 N–H and O–H groups in total. The second kappa shape index (κ2) is 6.12. The Hall–Kier alpha value is -1.82. The van der Waals surface area contributed by atoms with E-state index in [1.807, 2.05) is 37.3 Å². The molecule has 0 saturated heterocycles. The summed E-state index contributed by atoms with van der Waals surface area (Å²) < 4.78 is 6.74. The van der Waals surface area contributed by atoms with Crippen molar-refractivity contribution in [3.63, 3.8) is 0 Å². The normalized spacial score (nSPS) is 10.9. The number of amides is 1. The van der Waals surface area contributed by atoms with E-state index in [1.165, 1.54) is 5.56 Å². The predicted molar refractivity (Wildman–Crippen MR) is 97.2 cm³/mol. The number of carbonyl (C=O) groups is 1. The molecular formula is C18H16INO2. The zero-order chi connectivity index (χ0) is 15.7. The topological polar surface area (TPSA) is 42.2 Å². The molecule has 22 heavy (non-hydrogen) atoms. The van der Waals surface area contributed by atoms with Crippen molar-refractivity contribution in [2.75, 3.05) is 5.32 Å². The Labute approximate surface area is 142 Å². The highest BCUT2D eigenvalue weighted by Gasteiger charge is 2.13. The van der Waals surface area contributed by atoms with Crippen LogP contribution in [0.15, 0.2) is 47.1 Å². The Bertz CT molecular complexity index is 851. The fraction of sp³-hybridized carbons (Fsp3) is 0.167. The highest BCUT2D eigenvalue weighted by molar-refractivity contribution is 14.1. The van der Waals surface area contributed by atoms with Crippen molar-refractivity contribution in [1.29, 1.82) is 0 Å². The van der Waals surface area contributed by atoms with Gasteiger partial charge in [-0.2, -0.15) is 0 Å². The van der Waals surface area contributed by atoms with Crippen molar-refractivity contribution in [3.8, 4) is 0 Å². The van der Waals surface area contributed by atoms with E-state index in [2.05, 4.69) is 40.9 Å². The third-order valence-electron chi connectivity index (χ3n) is 3.80. The van der Waals surface area contributed by atoms with Crippen LogP contribution in [0.4, 0.5) is 5.69 Å². The van der Waals surface area contributed by atoms with Crippen LogP contribution in [0.5, 0.6) is 0 Å². The molecule has 2 aromatic carbocycles. The molecule has 0 aliphatic rings. The Morgan fingerprint density at radius 2 is 2.05 bits per heavy atom. The molecule has 112 valence electrons. The molecule has 1 amide bonds. The Kier molecular flexibility index (Phi) is 4.20. The number of carbonyl (C=O) groups excluding carboxylic acids is 1. The highest BCUT2D eigenvalue weighted by Crippen LogP contribution is 2.27. The average Bonchev–Trinajstić information content (AvgIpc) is 2.86. The van der Waals surface area contributed by atoms with Crippen LogP contribution in [0, 0.1) is 17.4 Å². The van der Waals surface area contributed by atoms with Crippen molar-refractivity contribution in [1.82, 2.24) is 0 Å². The summed E-state index contributed by atoms with van der Waals surface area (Å²) in [4.78, 5) is 12.2. The number of hydrogen-bond donors (Lipinski definition) is 1. The SMILES string of the molecule is Cc1ccc2c(CC(=O)Nc3cccc(I)c3)coc2c1C. The summed E-state index contributed by atoms with van der Waals surface area (Å²) in [5.74, 6) is -0.0390. The number of benzene rings is 2. The molecule has 0 radical (unpaired) electrons. The monoisotopic (exact) mass is 405 g/mol. The first-order chi connectivity index (χ1) is 10.5. The van der Waals surface area contributed by atoms with Gasteiger partial charge in [-0.1, -0.05) is 18.2 Å². The van der Waals surface area contributed by atoms with Gasteiger partial charge in [0.05, 0.1) is 12.7 Å². The third kappa shape index (κ3) is 3.02. The summed E-state index contributed by atoms with van der Waals surface area (Å²) in [6.07, 6.45) is 1.99. The van der Waals surface area contributed by atoms with Crippen molar-refractivity contribution >= 4 is 45.2 Å². The number of hydrogen-bond acceptors (Lipinski definition) is 2. The summed E-state index contributed by atoms with van der Waals surface area (Å²) >= 11 is 2.23. The lowest BCUT2D eigenvalue weighted by Crippen LogP contribution is -2.14. The molecule has 0 unspecified atom stereocenters. The van der Waals surface area contributed by atoms with Crippen molar-refractivity contribution in [2.45, 2.75) is 20.3 Å². The number of aryl methyl sites for hydroxylation is 2. The molecule has 0 atom stereocenters. The minimum atomic E-state index is -0.0390. The molecule has 0 fully saturated rings. The van der Waals surface area contributed by atoms with Gasteiger partial charge in [-0.15, -0.1) is 0 Å². The van der Waals surface area contributed by atoms with Crippen LogP contribution >= 0.6 is 22.6 Å². The molecule has 0 spiro atoms. The van der Waals surface area contributed by atoms with Crippen molar-refractivity contribution in [2.24, 2.45) is 0 Å². The second-order valence-corrected chi connectivity index (χ2v) is 6.63.